The molecule has 2 saturated heterocycles. The Hall–Kier alpha value is 0.390. The van der Waals surface area contributed by atoms with Gasteiger partial charge in [0.25, 0.3) is 0 Å². The van der Waals surface area contributed by atoms with Gasteiger partial charge in [-0.25, -0.2) is 0 Å². The molecule has 0 aromatic carbocycles. The molecular formula is C11H22NP. The zero-order chi connectivity index (χ0) is 9.64. The van der Waals surface area contributed by atoms with Gasteiger partial charge in [0.1, 0.15) is 0 Å². The summed E-state index contributed by atoms with van der Waals surface area (Å²) in [6.07, 6.45) is 4.33. The van der Waals surface area contributed by atoms with Crippen LogP contribution >= 0.6 is 8.58 Å². The number of hydrogen-bond acceptors (Lipinski definition) is 1. The molecule has 0 N–H and O–H groups in total. The van der Waals surface area contributed by atoms with Crippen molar-refractivity contribution in [2.45, 2.75) is 63.8 Å². The van der Waals surface area contributed by atoms with Crippen molar-refractivity contribution < 1.29 is 0 Å². The van der Waals surface area contributed by atoms with E-state index in [0.717, 1.165) is 17.7 Å². The molecule has 2 aliphatic heterocycles. The van der Waals surface area contributed by atoms with E-state index < -0.39 is 0 Å². The van der Waals surface area contributed by atoms with Crippen molar-refractivity contribution in [2.24, 2.45) is 0 Å². The second-order valence-corrected chi connectivity index (χ2v) is 7.02. The summed E-state index contributed by atoms with van der Waals surface area (Å²) in [4.78, 5) is 2.80. The van der Waals surface area contributed by atoms with Crippen molar-refractivity contribution in [3.63, 3.8) is 0 Å². The van der Waals surface area contributed by atoms with E-state index in [1.54, 1.807) is 0 Å². The summed E-state index contributed by atoms with van der Waals surface area (Å²) in [6.45, 7) is 9.48. The van der Waals surface area contributed by atoms with Crippen LogP contribution in [0.2, 0.25) is 0 Å². The monoisotopic (exact) mass is 199 g/mol. The molecule has 2 heterocycles. The number of likely N-dealkylation sites (tertiary alicyclic amines) is 1. The lowest BCUT2D eigenvalue weighted by molar-refractivity contribution is 0.0801. The maximum absolute atomic E-state index is 2.80. The highest BCUT2D eigenvalue weighted by atomic mass is 31.1. The SMILES string of the molecule is CCC1C2CC(CP2)N1C(C)(C)C. The summed E-state index contributed by atoms with van der Waals surface area (Å²) in [6, 6.07) is 1.82. The molecular weight excluding hydrogens is 177 g/mol. The summed E-state index contributed by atoms with van der Waals surface area (Å²) >= 11 is 0. The van der Waals surface area contributed by atoms with Gasteiger partial charge in [0, 0.05) is 17.6 Å². The highest BCUT2D eigenvalue weighted by Gasteiger charge is 2.48. The quantitative estimate of drug-likeness (QED) is 0.587. The fourth-order valence-corrected chi connectivity index (χ4v) is 5.29. The Bertz CT molecular complexity index is 197. The molecule has 2 heteroatoms. The first-order chi connectivity index (χ1) is 6.04. The Kier molecular flexibility index (Phi) is 2.45. The van der Waals surface area contributed by atoms with E-state index in [1.165, 1.54) is 27.6 Å². The maximum atomic E-state index is 2.80. The van der Waals surface area contributed by atoms with E-state index in [0.29, 0.717) is 5.54 Å². The fraction of sp³-hybridized carbons (Fsp3) is 1.00. The standard InChI is InChI=1S/C11H22NP/c1-5-9-10-6-8(7-13-10)12(9)11(2,3)4/h8-10,13H,5-7H2,1-4H3. The zero-order valence-electron chi connectivity index (χ0n) is 9.30. The fourth-order valence-electron chi connectivity index (χ4n) is 3.24. The minimum Gasteiger partial charge on any atom is -0.292 e. The minimum absolute atomic E-state index is 0.394. The first-order valence-corrected chi connectivity index (χ1v) is 6.84. The van der Waals surface area contributed by atoms with E-state index in [-0.39, 0.29) is 0 Å². The summed E-state index contributed by atoms with van der Waals surface area (Å²) in [5, 5.41) is 0. The van der Waals surface area contributed by atoms with Gasteiger partial charge in [0.15, 0.2) is 0 Å². The molecule has 0 aliphatic carbocycles. The van der Waals surface area contributed by atoms with Gasteiger partial charge >= 0.3 is 0 Å². The topological polar surface area (TPSA) is 3.24 Å². The van der Waals surface area contributed by atoms with Crippen LogP contribution in [0.1, 0.15) is 40.5 Å². The van der Waals surface area contributed by atoms with E-state index >= 15 is 0 Å². The molecule has 2 aliphatic rings. The van der Waals surface area contributed by atoms with Gasteiger partial charge in [0.05, 0.1) is 0 Å². The van der Waals surface area contributed by atoms with Gasteiger partial charge in [-0.3, -0.25) is 4.90 Å². The third-order valence-electron chi connectivity index (χ3n) is 3.55. The largest absolute Gasteiger partial charge is 0.292 e. The highest BCUT2D eigenvalue weighted by molar-refractivity contribution is 7.39. The Balaban J connectivity index is 2.18. The predicted molar refractivity (Wildman–Crippen MR) is 61.0 cm³/mol. The average molecular weight is 199 g/mol. The molecule has 0 aromatic heterocycles. The third kappa shape index (κ3) is 1.55. The van der Waals surface area contributed by atoms with Gasteiger partial charge in [0.2, 0.25) is 0 Å². The molecule has 4 atom stereocenters. The Morgan fingerprint density at radius 2 is 2.08 bits per heavy atom. The predicted octanol–water partition coefficient (Wildman–Crippen LogP) is 2.70. The molecule has 2 bridgehead atoms. The number of hydrogen-bond donors (Lipinski definition) is 0. The van der Waals surface area contributed by atoms with E-state index in [4.69, 9.17) is 0 Å². The molecule has 76 valence electrons. The van der Waals surface area contributed by atoms with Crippen LogP contribution in [0.25, 0.3) is 0 Å². The Morgan fingerprint density at radius 1 is 1.38 bits per heavy atom. The second-order valence-electron chi connectivity index (χ2n) is 5.46. The van der Waals surface area contributed by atoms with Crippen molar-refractivity contribution in [1.29, 1.82) is 0 Å². The third-order valence-corrected chi connectivity index (χ3v) is 5.40. The lowest BCUT2D eigenvalue weighted by Crippen LogP contribution is -2.52. The van der Waals surface area contributed by atoms with E-state index in [1.807, 2.05) is 0 Å². The molecule has 2 rings (SSSR count). The van der Waals surface area contributed by atoms with Gasteiger partial charge in [-0.15, -0.1) is 8.58 Å². The lowest BCUT2D eigenvalue weighted by Gasteiger charge is -2.44. The summed E-state index contributed by atoms with van der Waals surface area (Å²) < 4.78 is 0. The summed E-state index contributed by atoms with van der Waals surface area (Å²) in [7, 11) is 1.26. The molecule has 2 fully saturated rings. The Labute approximate surface area is 84.1 Å². The van der Waals surface area contributed by atoms with Crippen molar-refractivity contribution in [1.82, 2.24) is 4.90 Å². The van der Waals surface area contributed by atoms with E-state index in [2.05, 4.69) is 32.6 Å². The smallest absolute Gasteiger partial charge is 0.0167 e. The summed E-state index contributed by atoms with van der Waals surface area (Å²) in [5.74, 6) is 0. The van der Waals surface area contributed by atoms with Crippen LogP contribution < -0.4 is 0 Å². The van der Waals surface area contributed by atoms with E-state index in [9.17, 15) is 0 Å². The van der Waals surface area contributed by atoms with Crippen LogP contribution in [0.4, 0.5) is 0 Å². The molecule has 0 spiro atoms. The van der Waals surface area contributed by atoms with Gasteiger partial charge in [-0.05, 0) is 45.4 Å². The normalized spacial score (nSPS) is 42.0. The van der Waals surface area contributed by atoms with Gasteiger partial charge < -0.3 is 0 Å². The van der Waals surface area contributed by atoms with Crippen molar-refractivity contribution in [3.05, 3.63) is 0 Å². The molecule has 0 saturated carbocycles. The van der Waals surface area contributed by atoms with Gasteiger partial charge in [-0.1, -0.05) is 6.92 Å². The maximum Gasteiger partial charge on any atom is 0.0167 e. The molecule has 0 amide bonds. The van der Waals surface area contributed by atoms with Crippen molar-refractivity contribution in [2.75, 3.05) is 6.16 Å². The number of fused-ring (bicyclic) bond motifs is 2. The molecule has 4 unspecified atom stereocenters. The minimum atomic E-state index is 0.394. The first kappa shape index (κ1) is 9.93. The summed E-state index contributed by atoms with van der Waals surface area (Å²) in [5.41, 5.74) is 1.44. The molecule has 13 heavy (non-hydrogen) atoms. The van der Waals surface area contributed by atoms with Crippen LogP contribution in [0.15, 0.2) is 0 Å². The van der Waals surface area contributed by atoms with Crippen LogP contribution in [-0.2, 0) is 0 Å². The number of nitrogens with zero attached hydrogens (tertiary/aromatic N) is 1. The first-order valence-electron chi connectivity index (χ1n) is 5.56. The van der Waals surface area contributed by atoms with Crippen LogP contribution in [0.5, 0.6) is 0 Å². The molecule has 0 aromatic rings. The Morgan fingerprint density at radius 3 is 2.54 bits per heavy atom. The lowest BCUT2D eigenvalue weighted by atomic mass is 10.0. The highest BCUT2D eigenvalue weighted by Crippen LogP contribution is 2.49. The van der Waals surface area contributed by atoms with Crippen molar-refractivity contribution in [3.8, 4) is 0 Å². The zero-order valence-corrected chi connectivity index (χ0v) is 10.3. The van der Waals surface area contributed by atoms with Gasteiger partial charge in [-0.2, -0.15) is 0 Å². The average Bonchev–Trinajstić information content (AvgIpc) is 2.59. The van der Waals surface area contributed by atoms with Crippen LogP contribution in [0, 0.1) is 0 Å². The number of rotatable bonds is 1. The van der Waals surface area contributed by atoms with Crippen LogP contribution in [0.3, 0.4) is 0 Å². The van der Waals surface area contributed by atoms with Crippen molar-refractivity contribution >= 4 is 8.58 Å². The van der Waals surface area contributed by atoms with Crippen LogP contribution in [-0.4, -0.2) is 34.3 Å². The second kappa shape index (κ2) is 3.21. The molecule has 1 nitrogen and oxygen atoms in total. The molecule has 0 radical (unpaired) electrons.